The molecule has 1 saturated heterocycles. The second-order valence-corrected chi connectivity index (χ2v) is 9.65. The number of hydrogen-bond donors (Lipinski definition) is 1. The van der Waals surface area contributed by atoms with Crippen molar-refractivity contribution in [2.75, 3.05) is 26.2 Å². The molecule has 0 aromatic carbocycles. The van der Waals surface area contributed by atoms with Gasteiger partial charge in [-0.1, -0.05) is 20.8 Å². The molecule has 0 radical (unpaired) electrons. The van der Waals surface area contributed by atoms with Crippen molar-refractivity contribution < 1.29 is 14.3 Å². The maximum Gasteiger partial charge on any atom is 0.410 e. The van der Waals surface area contributed by atoms with Gasteiger partial charge in [-0.15, -0.1) is 0 Å². The zero-order chi connectivity index (χ0) is 18.7. The third-order valence-corrected chi connectivity index (χ3v) is 5.29. The third kappa shape index (κ3) is 6.78. The number of ether oxygens (including phenoxy) is 2. The highest BCUT2D eigenvalue weighted by Gasteiger charge is 2.36. The fraction of sp³-hybridized carbons (Fsp3) is 0.950. The van der Waals surface area contributed by atoms with E-state index in [2.05, 4.69) is 26.1 Å². The number of nitrogens with zero attached hydrogens (tertiary/aromatic N) is 1. The molecule has 0 spiro atoms. The number of carbonyl (C=O) groups excluding carboxylic acids is 1. The van der Waals surface area contributed by atoms with Gasteiger partial charge in [0, 0.05) is 25.7 Å². The van der Waals surface area contributed by atoms with E-state index in [0.29, 0.717) is 11.5 Å². The number of hydrogen-bond acceptors (Lipinski definition) is 4. The van der Waals surface area contributed by atoms with Crippen molar-refractivity contribution in [3.05, 3.63) is 0 Å². The van der Waals surface area contributed by atoms with E-state index in [1.54, 1.807) is 4.90 Å². The largest absolute Gasteiger partial charge is 0.444 e. The normalized spacial score (nSPS) is 27.5. The van der Waals surface area contributed by atoms with Crippen LogP contribution in [-0.2, 0) is 9.47 Å². The lowest BCUT2D eigenvalue weighted by molar-refractivity contribution is -0.0109. The Bertz CT molecular complexity index is 437. The highest BCUT2D eigenvalue weighted by atomic mass is 16.6. The fourth-order valence-corrected chi connectivity index (χ4v) is 4.17. The Morgan fingerprint density at radius 1 is 1.20 bits per heavy atom. The van der Waals surface area contributed by atoms with Gasteiger partial charge in [-0.3, -0.25) is 0 Å². The second kappa shape index (κ2) is 8.26. The molecule has 0 bridgehead atoms. The van der Waals surface area contributed by atoms with E-state index >= 15 is 0 Å². The molecule has 1 aliphatic heterocycles. The van der Waals surface area contributed by atoms with Crippen molar-refractivity contribution in [1.29, 1.82) is 0 Å². The first-order valence-corrected chi connectivity index (χ1v) is 9.89. The number of likely N-dealkylation sites (tertiary alicyclic amines) is 1. The topological polar surface area (TPSA) is 50.8 Å². The van der Waals surface area contributed by atoms with Gasteiger partial charge in [0.15, 0.2) is 0 Å². The Kier molecular flexibility index (Phi) is 6.77. The molecule has 2 rings (SSSR count). The molecule has 25 heavy (non-hydrogen) atoms. The van der Waals surface area contributed by atoms with Crippen LogP contribution < -0.4 is 5.32 Å². The number of amides is 1. The van der Waals surface area contributed by atoms with Gasteiger partial charge in [0.05, 0.1) is 12.7 Å². The van der Waals surface area contributed by atoms with Gasteiger partial charge >= 0.3 is 6.09 Å². The maximum absolute atomic E-state index is 12.1. The molecule has 2 atom stereocenters. The highest BCUT2D eigenvalue weighted by molar-refractivity contribution is 5.68. The number of nitrogens with one attached hydrogen (secondary N) is 1. The van der Waals surface area contributed by atoms with Crippen LogP contribution in [0.15, 0.2) is 0 Å². The van der Waals surface area contributed by atoms with Crippen LogP contribution in [0.4, 0.5) is 4.79 Å². The van der Waals surface area contributed by atoms with Crippen molar-refractivity contribution in [2.45, 2.75) is 85.0 Å². The van der Waals surface area contributed by atoms with Gasteiger partial charge in [0.25, 0.3) is 0 Å². The molecule has 2 fully saturated rings. The van der Waals surface area contributed by atoms with E-state index in [9.17, 15) is 4.79 Å². The average molecular weight is 355 g/mol. The number of piperidine rings is 1. The van der Waals surface area contributed by atoms with Gasteiger partial charge in [-0.05, 0) is 57.8 Å². The molecule has 1 heterocycles. The van der Waals surface area contributed by atoms with E-state index in [4.69, 9.17) is 9.47 Å². The van der Waals surface area contributed by atoms with Gasteiger partial charge in [-0.25, -0.2) is 4.79 Å². The van der Waals surface area contributed by atoms with Crippen molar-refractivity contribution in [3.8, 4) is 0 Å². The summed E-state index contributed by atoms with van der Waals surface area (Å²) in [5.41, 5.74) is 0.0362. The molecular formula is C20H38N2O3. The molecular weight excluding hydrogens is 316 g/mol. The van der Waals surface area contributed by atoms with Crippen LogP contribution in [0.5, 0.6) is 0 Å². The van der Waals surface area contributed by atoms with E-state index in [1.165, 1.54) is 12.8 Å². The van der Waals surface area contributed by atoms with E-state index in [-0.39, 0.29) is 12.2 Å². The number of rotatable bonds is 5. The van der Waals surface area contributed by atoms with Crippen molar-refractivity contribution >= 4 is 6.09 Å². The Hall–Kier alpha value is -0.810. The predicted molar refractivity (Wildman–Crippen MR) is 101 cm³/mol. The molecule has 1 N–H and O–H groups in total. The third-order valence-electron chi connectivity index (χ3n) is 5.29. The molecule has 1 saturated carbocycles. The minimum absolute atomic E-state index is 0.203. The molecule has 146 valence electrons. The zero-order valence-electron chi connectivity index (χ0n) is 17.1. The molecule has 1 amide bonds. The Balaban J connectivity index is 1.59. The van der Waals surface area contributed by atoms with Crippen LogP contribution in [-0.4, -0.2) is 55.0 Å². The van der Waals surface area contributed by atoms with Crippen LogP contribution in [0.25, 0.3) is 0 Å². The molecule has 1 aliphatic carbocycles. The highest BCUT2D eigenvalue weighted by Crippen LogP contribution is 2.40. The monoisotopic (exact) mass is 354 g/mol. The van der Waals surface area contributed by atoms with Crippen molar-refractivity contribution in [1.82, 2.24) is 10.2 Å². The minimum atomic E-state index is -0.429. The smallest absolute Gasteiger partial charge is 0.410 e. The second-order valence-electron chi connectivity index (χ2n) is 9.65. The summed E-state index contributed by atoms with van der Waals surface area (Å²) >= 11 is 0. The lowest BCUT2D eigenvalue weighted by atomic mass is 9.91. The van der Waals surface area contributed by atoms with Gasteiger partial charge in [0.2, 0.25) is 0 Å². The fourth-order valence-electron chi connectivity index (χ4n) is 4.17. The van der Waals surface area contributed by atoms with Gasteiger partial charge < -0.3 is 19.7 Å². The first kappa shape index (κ1) is 20.5. The molecule has 0 aromatic rings. The summed E-state index contributed by atoms with van der Waals surface area (Å²) in [5.74, 6) is 0.743. The average Bonchev–Trinajstić information content (AvgIpc) is 2.75. The standard InChI is InChI=1S/C20H38N2O3/c1-15-13-20(5,6)14-17(15)21-9-12-24-16-7-10-22(11-8-16)18(23)25-19(2,3)4/h15-17,21H,7-14H2,1-6H3. The summed E-state index contributed by atoms with van der Waals surface area (Å²) in [5, 5.41) is 3.67. The van der Waals surface area contributed by atoms with Gasteiger partial charge in [-0.2, -0.15) is 0 Å². The quantitative estimate of drug-likeness (QED) is 0.763. The lowest BCUT2D eigenvalue weighted by Crippen LogP contribution is -2.44. The van der Waals surface area contributed by atoms with Crippen LogP contribution in [0.1, 0.15) is 67.2 Å². The van der Waals surface area contributed by atoms with Crippen LogP contribution in [0.2, 0.25) is 0 Å². The van der Waals surface area contributed by atoms with Crippen molar-refractivity contribution in [2.24, 2.45) is 11.3 Å². The Morgan fingerprint density at radius 2 is 1.84 bits per heavy atom. The first-order valence-electron chi connectivity index (χ1n) is 9.89. The van der Waals surface area contributed by atoms with E-state index in [0.717, 1.165) is 45.0 Å². The van der Waals surface area contributed by atoms with Crippen LogP contribution >= 0.6 is 0 Å². The van der Waals surface area contributed by atoms with Crippen LogP contribution in [0.3, 0.4) is 0 Å². The molecule has 0 aromatic heterocycles. The molecule has 5 heteroatoms. The number of carbonyl (C=O) groups is 1. The molecule has 2 unspecified atom stereocenters. The maximum atomic E-state index is 12.1. The lowest BCUT2D eigenvalue weighted by Gasteiger charge is -2.33. The van der Waals surface area contributed by atoms with E-state index in [1.807, 2.05) is 20.8 Å². The molecule has 5 nitrogen and oxygen atoms in total. The Labute approximate surface area is 153 Å². The van der Waals surface area contributed by atoms with Crippen molar-refractivity contribution in [3.63, 3.8) is 0 Å². The summed E-state index contributed by atoms with van der Waals surface area (Å²) < 4.78 is 11.4. The van der Waals surface area contributed by atoms with Gasteiger partial charge in [0.1, 0.15) is 5.60 Å². The van der Waals surface area contributed by atoms with E-state index < -0.39 is 5.60 Å². The zero-order valence-corrected chi connectivity index (χ0v) is 17.1. The SMILES string of the molecule is CC1CC(C)(C)CC1NCCOC1CCN(C(=O)OC(C)(C)C)CC1. The summed E-state index contributed by atoms with van der Waals surface area (Å²) in [6.45, 7) is 15.9. The predicted octanol–water partition coefficient (Wildman–Crippen LogP) is 3.82. The summed E-state index contributed by atoms with van der Waals surface area (Å²) in [4.78, 5) is 13.9. The minimum Gasteiger partial charge on any atom is -0.444 e. The summed E-state index contributed by atoms with van der Waals surface area (Å²) in [7, 11) is 0. The summed E-state index contributed by atoms with van der Waals surface area (Å²) in [6.07, 6.45) is 4.40. The van der Waals surface area contributed by atoms with Crippen LogP contribution in [0, 0.1) is 11.3 Å². The Morgan fingerprint density at radius 3 is 2.36 bits per heavy atom. The first-order chi connectivity index (χ1) is 11.6. The summed E-state index contributed by atoms with van der Waals surface area (Å²) in [6, 6.07) is 0.618. The molecule has 2 aliphatic rings.